The standard InChI is InChI=1S/C14H20O2/c1-14(2)13(16-14)9-6-10-15-11-12-7-4-3-5-8-12/h3-5,7-8,13H,6,9-11H2,1-2H3/t13-/m0/s1. The second-order valence-electron chi connectivity index (χ2n) is 4.89. The van der Waals surface area contributed by atoms with E-state index in [2.05, 4.69) is 26.0 Å². The fraction of sp³-hybridized carbons (Fsp3) is 0.571. The zero-order valence-electron chi connectivity index (χ0n) is 10.1. The van der Waals surface area contributed by atoms with E-state index in [0.717, 1.165) is 26.1 Å². The molecule has 2 heteroatoms. The van der Waals surface area contributed by atoms with Crippen molar-refractivity contribution in [3.63, 3.8) is 0 Å². The Morgan fingerprint density at radius 2 is 1.94 bits per heavy atom. The molecule has 0 radical (unpaired) electrons. The largest absolute Gasteiger partial charge is 0.377 e. The second-order valence-corrected chi connectivity index (χ2v) is 4.89. The Bertz CT molecular complexity index is 319. The number of hydrogen-bond acceptors (Lipinski definition) is 2. The average Bonchev–Trinajstić information content (AvgIpc) is 2.87. The lowest BCUT2D eigenvalue weighted by molar-refractivity contribution is 0.115. The lowest BCUT2D eigenvalue weighted by Gasteiger charge is -2.03. The highest BCUT2D eigenvalue weighted by Crippen LogP contribution is 2.38. The summed E-state index contributed by atoms with van der Waals surface area (Å²) >= 11 is 0. The molecule has 1 aliphatic heterocycles. The SMILES string of the molecule is CC1(C)O[C@H]1CCCOCc1ccccc1. The summed E-state index contributed by atoms with van der Waals surface area (Å²) in [5, 5.41) is 0. The second kappa shape index (κ2) is 4.98. The molecular formula is C14H20O2. The predicted octanol–water partition coefficient (Wildman–Crippen LogP) is 3.16. The van der Waals surface area contributed by atoms with Gasteiger partial charge in [0.2, 0.25) is 0 Å². The molecule has 1 atom stereocenters. The van der Waals surface area contributed by atoms with Crippen molar-refractivity contribution in [2.75, 3.05) is 6.61 Å². The van der Waals surface area contributed by atoms with Crippen molar-refractivity contribution in [1.82, 2.24) is 0 Å². The summed E-state index contributed by atoms with van der Waals surface area (Å²) < 4.78 is 11.1. The zero-order chi connectivity index (χ0) is 11.4. The van der Waals surface area contributed by atoms with Gasteiger partial charge in [0.25, 0.3) is 0 Å². The third-order valence-electron chi connectivity index (χ3n) is 3.03. The molecule has 0 amide bonds. The molecule has 1 aliphatic rings. The minimum absolute atomic E-state index is 0.124. The van der Waals surface area contributed by atoms with Crippen molar-refractivity contribution >= 4 is 0 Å². The summed E-state index contributed by atoms with van der Waals surface area (Å²) in [5.41, 5.74) is 1.37. The van der Waals surface area contributed by atoms with Crippen LogP contribution in [-0.4, -0.2) is 18.3 Å². The first-order valence-corrected chi connectivity index (χ1v) is 5.98. The van der Waals surface area contributed by atoms with E-state index in [1.807, 2.05) is 18.2 Å². The highest BCUT2D eigenvalue weighted by atomic mass is 16.6. The lowest BCUT2D eigenvalue weighted by atomic mass is 10.1. The molecule has 2 nitrogen and oxygen atoms in total. The first-order chi connectivity index (χ1) is 7.68. The van der Waals surface area contributed by atoms with Gasteiger partial charge in [0.1, 0.15) is 0 Å². The summed E-state index contributed by atoms with van der Waals surface area (Å²) in [6.07, 6.45) is 2.65. The maximum absolute atomic E-state index is 5.61. The molecule has 88 valence electrons. The first kappa shape index (κ1) is 11.6. The fourth-order valence-corrected chi connectivity index (χ4v) is 1.87. The molecular weight excluding hydrogens is 200 g/mol. The van der Waals surface area contributed by atoms with E-state index in [1.165, 1.54) is 5.56 Å². The predicted molar refractivity (Wildman–Crippen MR) is 64.3 cm³/mol. The Morgan fingerprint density at radius 1 is 1.25 bits per heavy atom. The Labute approximate surface area is 97.6 Å². The van der Waals surface area contributed by atoms with Gasteiger partial charge in [-0.15, -0.1) is 0 Å². The summed E-state index contributed by atoms with van der Waals surface area (Å²) in [4.78, 5) is 0. The molecule has 0 aliphatic carbocycles. The normalized spacial score (nSPS) is 22.0. The molecule has 0 spiro atoms. The Hall–Kier alpha value is -0.860. The number of rotatable bonds is 6. The minimum Gasteiger partial charge on any atom is -0.377 e. The molecule has 1 heterocycles. The number of ether oxygens (including phenoxy) is 2. The topological polar surface area (TPSA) is 21.8 Å². The Kier molecular flexibility index (Phi) is 3.62. The molecule has 1 saturated heterocycles. The van der Waals surface area contributed by atoms with Crippen LogP contribution in [0.25, 0.3) is 0 Å². The third kappa shape index (κ3) is 3.32. The van der Waals surface area contributed by atoms with Crippen LogP contribution in [0.4, 0.5) is 0 Å². The van der Waals surface area contributed by atoms with Crippen LogP contribution >= 0.6 is 0 Å². The van der Waals surface area contributed by atoms with Crippen LogP contribution in [0, 0.1) is 0 Å². The van der Waals surface area contributed by atoms with Crippen molar-refractivity contribution < 1.29 is 9.47 Å². The van der Waals surface area contributed by atoms with Crippen LogP contribution in [-0.2, 0) is 16.1 Å². The van der Waals surface area contributed by atoms with Gasteiger partial charge in [-0.1, -0.05) is 30.3 Å². The molecule has 2 rings (SSSR count). The van der Waals surface area contributed by atoms with Crippen molar-refractivity contribution in [2.45, 2.75) is 45.0 Å². The van der Waals surface area contributed by atoms with Gasteiger partial charge in [0.15, 0.2) is 0 Å². The van der Waals surface area contributed by atoms with E-state index in [1.54, 1.807) is 0 Å². The first-order valence-electron chi connectivity index (χ1n) is 5.98. The van der Waals surface area contributed by atoms with Crippen molar-refractivity contribution in [2.24, 2.45) is 0 Å². The van der Waals surface area contributed by atoms with E-state index in [-0.39, 0.29) is 5.60 Å². The molecule has 0 N–H and O–H groups in total. The van der Waals surface area contributed by atoms with Gasteiger partial charge in [-0.25, -0.2) is 0 Å². The Balaban J connectivity index is 1.53. The highest BCUT2D eigenvalue weighted by Gasteiger charge is 2.46. The van der Waals surface area contributed by atoms with Gasteiger partial charge in [-0.05, 0) is 32.3 Å². The molecule has 1 fully saturated rings. The fourth-order valence-electron chi connectivity index (χ4n) is 1.87. The smallest absolute Gasteiger partial charge is 0.0892 e. The van der Waals surface area contributed by atoms with Crippen LogP contribution in [0.15, 0.2) is 30.3 Å². The molecule has 0 saturated carbocycles. The zero-order valence-corrected chi connectivity index (χ0v) is 10.1. The van der Waals surface area contributed by atoms with Crippen LogP contribution in [0.5, 0.6) is 0 Å². The van der Waals surface area contributed by atoms with E-state index in [0.29, 0.717) is 6.10 Å². The van der Waals surface area contributed by atoms with E-state index < -0.39 is 0 Å². The molecule has 1 aromatic carbocycles. The lowest BCUT2D eigenvalue weighted by Crippen LogP contribution is -2.04. The van der Waals surface area contributed by atoms with Crippen molar-refractivity contribution in [3.05, 3.63) is 35.9 Å². The van der Waals surface area contributed by atoms with E-state index in [4.69, 9.17) is 9.47 Å². The summed E-state index contributed by atoms with van der Waals surface area (Å²) in [7, 11) is 0. The third-order valence-corrected chi connectivity index (χ3v) is 3.03. The van der Waals surface area contributed by atoms with E-state index >= 15 is 0 Å². The van der Waals surface area contributed by atoms with Crippen LogP contribution in [0.2, 0.25) is 0 Å². The van der Waals surface area contributed by atoms with Crippen LogP contribution in [0.3, 0.4) is 0 Å². The molecule has 1 aromatic rings. The Morgan fingerprint density at radius 3 is 2.56 bits per heavy atom. The van der Waals surface area contributed by atoms with Gasteiger partial charge in [0.05, 0.1) is 18.3 Å². The van der Waals surface area contributed by atoms with Gasteiger partial charge in [-0.2, -0.15) is 0 Å². The van der Waals surface area contributed by atoms with Gasteiger partial charge >= 0.3 is 0 Å². The van der Waals surface area contributed by atoms with Crippen molar-refractivity contribution in [3.8, 4) is 0 Å². The van der Waals surface area contributed by atoms with Gasteiger partial charge < -0.3 is 9.47 Å². The summed E-state index contributed by atoms with van der Waals surface area (Å²) in [6, 6.07) is 10.3. The molecule has 0 unspecified atom stereocenters. The molecule has 0 bridgehead atoms. The van der Waals surface area contributed by atoms with Crippen LogP contribution in [0.1, 0.15) is 32.3 Å². The van der Waals surface area contributed by atoms with Crippen molar-refractivity contribution in [1.29, 1.82) is 0 Å². The number of hydrogen-bond donors (Lipinski definition) is 0. The maximum atomic E-state index is 5.61. The monoisotopic (exact) mass is 220 g/mol. The summed E-state index contributed by atoms with van der Waals surface area (Å²) in [5.74, 6) is 0. The number of benzene rings is 1. The average molecular weight is 220 g/mol. The molecule has 0 aromatic heterocycles. The number of epoxide rings is 1. The highest BCUT2D eigenvalue weighted by molar-refractivity contribution is 5.13. The minimum atomic E-state index is 0.124. The quantitative estimate of drug-likeness (QED) is 0.542. The van der Waals surface area contributed by atoms with E-state index in [9.17, 15) is 0 Å². The summed E-state index contributed by atoms with van der Waals surface area (Å²) in [6.45, 7) is 5.82. The maximum Gasteiger partial charge on any atom is 0.0892 e. The van der Waals surface area contributed by atoms with Gasteiger partial charge in [-0.3, -0.25) is 0 Å². The van der Waals surface area contributed by atoms with Gasteiger partial charge in [0, 0.05) is 6.61 Å². The van der Waals surface area contributed by atoms with Crippen LogP contribution < -0.4 is 0 Å². The molecule has 16 heavy (non-hydrogen) atoms.